The molecule has 0 spiro atoms. The molecule has 37 nitrogen and oxygen atoms in total. The second-order valence-electron chi connectivity index (χ2n) is 25.9. The number of rotatable bonds is 33. The zero-order chi connectivity index (χ0) is 78.1. The van der Waals surface area contributed by atoms with E-state index in [9.17, 15) is 73.3 Å². The number of aromatic amines is 2. The molecule has 9 amide bonds. The summed E-state index contributed by atoms with van der Waals surface area (Å²) in [7, 11) is 2.89. The highest BCUT2D eigenvalue weighted by Crippen LogP contribution is 2.22. The highest BCUT2D eigenvalue weighted by atomic mass is 16.7. The molecule has 6 aromatic rings. The fourth-order valence-corrected chi connectivity index (χ4v) is 10.2. The van der Waals surface area contributed by atoms with Crippen molar-refractivity contribution >= 4 is 93.2 Å². The molecule has 6 rings (SSSR count). The van der Waals surface area contributed by atoms with E-state index in [-0.39, 0.29) is 70.5 Å². The highest BCUT2D eigenvalue weighted by Gasteiger charge is 2.34. The highest BCUT2D eigenvalue weighted by molar-refractivity contribution is 5.96. The molecule has 20 N–H and O–H groups in total. The van der Waals surface area contributed by atoms with Crippen LogP contribution >= 0.6 is 0 Å². The number of H-pyrrole nitrogens is 2. The number of hydrogen-bond donors (Lipinski definition) is 15. The standard InChI is InChI=1S/C34H46N10O8.C20H30N6O7.C14H18N4O2/c1-34(2,3)52-33(49)41-26(17-21-11-6-5-7-12-21)30(47)39-25(15-10-16-37-32(36)42-44(50)51)29(46)40-27(31(48)43(4)20-28(35)45)18-22-19-38-24-14-9-8-13-23(22)24;1-20(2,3)33-19(30)24-15(12-13-8-5-4-6-9-13)16(27)23-14(17(28)29)10-7-11-22-18(21)25-26(31)32;1-18(8-13(16)19)14(20)11(15)6-9-7-17-12-5-3-2-4-10(9)12/h5-9,11-14,19,25-27,38H,10,15-18,20H2,1-4H3,(H2,35,45)(H,39,47)(H,40,46)(H,41,49)(H3,36,37,42);4-6,8-9,14-15H,7,10-12H2,1-3H3,(H,23,27)(H,24,30)(H,28,29)(H3,21,22,25);2-5,7,11,17H,6,8,15H2,1H3,(H2,16,19)/t25-,26+,27-;14-,15+;11-/m000/s1. The quantitative estimate of drug-likeness (QED) is 0.00904. The molecule has 0 radical (unpaired) electrons. The Morgan fingerprint density at radius 3 is 1.27 bits per heavy atom. The van der Waals surface area contributed by atoms with E-state index >= 15 is 0 Å². The topological polar surface area (TPSA) is 573 Å². The van der Waals surface area contributed by atoms with Gasteiger partial charge in [0.1, 0.15) is 51.6 Å². The predicted molar refractivity (Wildman–Crippen MR) is 387 cm³/mol. The summed E-state index contributed by atoms with van der Waals surface area (Å²) in [5, 5.41) is 54.1. The number of carbonyl (C=O) groups excluding carboxylic acids is 9. The maximum atomic E-state index is 14.0. The molecule has 4 aromatic carbocycles. The van der Waals surface area contributed by atoms with Crippen LogP contribution in [0.4, 0.5) is 9.59 Å². The zero-order valence-electron chi connectivity index (χ0n) is 59.5. The Bertz CT molecular complexity index is 4010. The van der Waals surface area contributed by atoms with E-state index in [1.165, 1.54) is 19.0 Å². The van der Waals surface area contributed by atoms with Crippen LogP contribution < -0.4 is 65.9 Å². The van der Waals surface area contributed by atoms with Crippen LogP contribution in [0.25, 0.3) is 21.8 Å². The lowest BCUT2D eigenvalue weighted by Gasteiger charge is -2.28. The average molecular weight is 1460 g/mol. The number of nitro groups is 2. The largest absolute Gasteiger partial charge is 0.480 e. The molecule has 0 saturated carbocycles. The van der Waals surface area contributed by atoms with Gasteiger partial charge in [-0.1, -0.05) is 97.1 Å². The lowest BCUT2D eigenvalue weighted by Crippen LogP contribution is -2.58. The van der Waals surface area contributed by atoms with Gasteiger partial charge in [0.25, 0.3) is 11.9 Å². The summed E-state index contributed by atoms with van der Waals surface area (Å²) < 4.78 is 10.6. The van der Waals surface area contributed by atoms with Crippen LogP contribution in [0.5, 0.6) is 0 Å². The smallest absolute Gasteiger partial charge is 0.408 e. The van der Waals surface area contributed by atoms with Crippen LogP contribution in [-0.2, 0) is 73.5 Å². The number of ether oxygens (including phenoxy) is 2. The lowest BCUT2D eigenvalue weighted by molar-refractivity contribution is -0.485. The first-order valence-electron chi connectivity index (χ1n) is 33.0. The van der Waals surface area contributed by atoms with E-state index in [4.69, 9.17) is 38.1 Å². The Balaban J connectivity index is 0.000000372. The number of fused-ring (bicyclic) bond motifs is 2. The number of carboxylic acids is 1. The summed E-state index contributed by atoms with van der Waals surface area (Å²) in [6, 6.07) is 26.3. The lowest BCUT2D eigenvalue weighted by atomic mass is 10.0. The first-order valence-corrected chi connectivity index (χ1v) is 33.0. The SMILES string of the molecule is CC(C)(C)OC(=O)N[C@H](Cc1ccccc1)C(=O)N[C@@H](CCCN/C(N)=N/[N+](=O)[O-])C(=O)O.CN(CC(N)=O)C(=O)[C@@H](N)Cc1c[nH]c2ccccc12.CN(CC(N)=O)C(=O)[C@H](Cc1c[nH]c2ccccc12)NC(=O)[C@H](CCCN/C(N)=N/[N+](=O)[O-])NC(=O)[C@@H](Cc1ccccc1)NC(=O)OC(C)(C)C. The third kappa shape index (κ3) is 32.0. The minimum Gasteiger partial charge on any atom is -0.480 e. The van der Waals surface area contributed by atoms with Crippen molar-refractivity contribution in [2.45, 2.75) is 140 Å². The number of alkyl carbamates (subject to hydrolysis) is 2. The maximum Gasteiger partial charge on any atom is 0.408 e. The predicted octanol–water partition coefficient (Wildman–Crippen LogP) is 1.19. The molecule has 0 bridgehead atoms. The van der Waals surface area contributed by atoms with E-state index in [1.54, 1.807) is 108 Å². The van der Waals surface area contributed by atoms with Gasteiger partial charge in [-0.2, -0.15) is 0 Å². The van der Waals surface area contributed by atoms with Crippen molar-refractivity contribution in [2.75, 3.05) is 40.3 Å². The number of carboxylic acid groups (broad SMARTS) is 1. The van der Waals surface area contributed by atoms with Gasteiger partial charge in [-0.15, -0.1) is 0 Å². The molecule has 2 heterocycles. The fourth-order valence-electron chi connectivity index (χ4n) is 10.2. The Morgan fingerprint density at radius 1 is 0.505 bits per heavy atom. The van der Waals surface area contributed by atoms with Crippen LogP contribution in [0.2, 0.25) is 0 Å². The van der Waals surface area contributed by atoms with Crippen molar-refractivity contribution in [3.63, 3.8) is 0 Å². The summed E-state index contributed by atoms with van der Waals surface area (Å²) in [6.45, 7) is 9.65. The first-order chi connectivity index (χ1) is 49.4. The molecule has 37 heteroatoms. The Morgan fingerprint density at radius 2 is 0.867 bits per heavy atom. The van der Waals surface area contributed by atoms with Crippen LogP contribution in [0, 0.1) is 20.2 Å². The average Bonchev–Trinajstić information content (AvgIpc) is 1.76. The molecule has 0 saturated heterocycles. The van der Waals surface area contributed by atoms with Gasteiger partial charge >= 0.3 is 18.2 Å². The van der Waals surface area contributed by atoms with Crippen LogP contribution in [0.3, 0.4) is 0 Å². The molecular formula is C68H94N20O17. The Hall–Kier alpha value is -12.4. The number of aromatic nitrogens is 2. The number of benzene rings is 4. The summed E-state index contributed by atoms with van der Waals surface area (Å²) in [5.74, 6) is -6.53. The van der Waals surface area contributed by atoms with Crippen LogP contribution in [-0.4, -0.2) is 194 Å². The summed E-state index contributed by atoms with van der Waals surface area (Å²) in [6.07, 6.45) is 2.84. The number of carbonyl (C=O) groups is 10. The number of primary amides is 2. The molecule has 6 atom stereocenters. The third-order valence-corrected chi connectivity index (χ3v) is 14.8. The number of hydrazone groups is 2. The molecular weight excluding hydrogens is 1370 g/mol. The van der Waals surface area contributed by atoms with E-state index < -0.39 is 130 Å². The Kier molecular flexibility index (Phi) is 33.6. The number of hydrogen-bond acceptors (Lipinski definition) is 17. The number of nitrogens with one attached hydrogen (secondary N) is 9. The van der Waals surface area contributed by atoms with Gasteiger partial charge in [0.05, 0.1) is 19.1 Å². The normalized spacial score (nSPS) is 13.1. The van der Waals surface area contributed by atoms with Gasteiger partial charge in [0.2, 0.25) is 41.4 Å². The molecule has 2 aromatic heterocycles. The number of aliphatic carboxylic acids is 1. The number of amides is 9. The van der Waals surface area contributed by atoms with Crippen molar-refractivity contribution < 1.29 is 72.6 Å². The molecule has 0 aliphatic rings. The Labute approximate surface area is 604 Å². The number of para-hydroxylation sites is 2. The van der Waals surface area contributed by atoms with Gasteiger partial charge in [0, 0.05) is 80.6 Å². The summed E-state index contributed by atoms with van der Waals surface area (Å²) >= 11 is 0. The molecule has 568 valence electrons. The van der Waals surface area contributed by atoms with E-state index in [0.29, 0.717) is 17.5 Å². The van der Waals surface area contributed by atoms with E-state index in [0.717, 1.165) is 37.8 Å². The monoisotopic (exact) mass is 1460 g/mol. The number of guanidine groups is 2. The van der Waals surface area contributed by atoms with Gasteiger partial charge in [-0.05, 0) is 108 Å². The van der Waals surface area contributed by atoms with Crippen molar-refractivity contribution in [3.8, 4) is 0 Å². The van der Waals surface area contributed by atoms with Gasteiger partial charge in [0.15, 0.2) is 10.1 Å². The van der Waals surface area contributed by atoms with Crippen molar-refractivity contribution in [3.05, 3.63) is 164 Å². The van der Waals surface area contributed by atoms with Gasteiger partial charge < -0.3 is 100 Å². The minimum atomic E-state index is -1.28. The maximum absolute atomic E-state index is 14.0. The summed E-state index contributed by atoms with van der Waals surface area (Å²) in [5.41, 5.74) is 30.5. The van der Waals surface area contributed by atoms with Crippen LogP contribution in [0.1, 0.15) is 89.5 Å². The third-order valence-electron chi connectivity index (χ3n) is 14.8. The van der Waals surface area contributed by atoms with E-state index in [1.807, 2.05) is 54.7 Å². The van der Waals surface area contributed by atoms with E-state index in [2.05, 4.69) is 57.4 Å². The molecule has 0 unspecified atom stereocenters. The number of nitrogens with zero attached hydrogens (tertiary/aromatic N) is 6. The molecule has 0 aliphatic carbocycles. The van der Waals surface area contributed by atoms with Crippen molar-refractivity contribution in [1.82, 2.24) is 57.0 Å². The van der Waals surface area contributed by atoms with Crippen molar-refractivity contribution in [1.29, 1.82) is 0 Å². The fraction of sp³-hybridized carbons (Fsp3) is 0.412. The zero-order valence-corrected chi connectivity index (χ0v) is 59.5. The number of nitrogens with two attached hydrogens (primary N) is 5. The van der Waals surface area contributed by atoms with Crippen molar-refractivity contribution in [2.24, 2.45) is 38.9 Å². The molecule has 105 heavy (non-hydrogen) atoms. The van der Waals surface area contributed by atoms with Gasteiger partial charge in [-0.3, -0.25) is 33.6 Å². The summed E-state index contributed by atoms with van der Waals surface area (Å²) in [4.78, 5) is 155. The minimum absolute atomic E-state index is 0.00428. The number of likely N-dealkylation sites (N-methyl/N-ethyl adjacent to an activating group) is 2. The van der Waals surface area contributed by atoms with Gasteiger partial charge in [-0.25, -0.2) is 34.6 Å². The first kappa shape index (κ1) is 85.0. The van der Waals surface area contributed by atoms with Crippen LogP contribution in [0.15, 0.2) is 132 Å². The molecule has 0 fully saturated rings. The second kappa shape index (κ2) is 41.5. The molecule has 0 aliphatic heterocycles. The second-order valence-corrected chi connectivity index (χ2v) is 25.9.